The highest BCUT2D eigenvalue weighted by atomic mass is 16.5. The van der Waals surface area contributed by atoms with Gasteiger partial charge in [-0.15, -0.1) is 0 Å². The normalized spacial score (nSPS) is 11.4. The molecule has 14 heavy (non-hydrogen) atoms. The second kappa shape index (κ2) is 5.03. The maximum atomic E-state index is 11.0. The minimum atomic E-state index is -0.788. The van der Waals surface area contributed by atoms with Crippen molar-refractivity contribution in [3.8, 4) is 6.07 Å². The van der Waals surface area contributed by atoms with E-state index in [0.717, 1.165) is 0 Å². The maximum Gasteiger partial charge on any atom is 0.307 e. The molecule has 0 saturated carbocycles. The minimum Gasteiger partial charge on any atom is -0.442 e. The van der Waals surface area contributed by atoms with E-state index in [0.29, 0.717) is 5.56 Å². The Hall–Kier alpha value is -1.82. The predicted molar refractivity (Wildman–Crippen MR) is 51.2 cm³/mol. The summed E-state index contributed by atoms with van der Waals surface area (Å²) in [7, 11) is 0. The summed E-state index contributed by atoms with van der Waals surface area (Å²) in [6.07, 6.45) is -0.506. The molecule has 3 nitrogen and oxygen atoms in total. The topological polar surface area (TPSA) is 50.1 Å². The number of rotatable bonds is 3. The summed E-state index contributed by atoms with van der Waals surface area (Å²) < 4.78 is 4.93. The van der Waals surface area contributed by atoms with Gasteiger partial charge in [0, 0.05) is 12.0 Å². The third-order valence-electron chi connectivity index (χ3n) is 1.76. The molecule has 0 heterocycles. The fraction of sp³-hybridized carbons (Fsp3) is 0.273. The van der Waals surface area contributed by atoms with Crippen LogP contribution in [0.15, 0.2) is 30.3 Å². The quantitative estimate of drug-likeness (QED) is 0.685. The molecular formula is C11H11NO2. The number of carbonyl (C=O) groups is 1. The summed E-state index contributed by atoms with van der Waals surface area (Å²) in [4.78, 5) is 11.0. The Morgan fingerprint density at radius 2 is 2.14 bits per heavy atom. The Morgan fingerprint density at radius 1 is 1.50 bits per heavy atom. The lowest BCUT2D eigenvalue weighted by molar-refractivity contribution is -0.146. The summed E-state index contributed by atoms with van der Waals surface area (Å²) in [5.41, 5.74) is 0.705. The SMILES string of the molecule is CCC(=O)O[C@@H](C#N)c1ccccc1. The number of hydrogen-bond acceptors (Lipinski definition) is 3. The first-order valence-electron chi connectivity index (χ1n) is 4.42. The van der Waals surface area contributed by atoms with Crippen LogP contribution in [0.4, 0.5) is 0 Å². The van der Waals surface area contributed by atoms with Crippen molar-refractivity contribution in [2.24, 2.45) is 0 Å². The highest BCUT2D eigenvalue weighted by Gasteiger charge is 2.13. The van der Waals surface area contributed by atoms with Crippen LogP contribution in [0.1, 0.15) is 25.0 Å². The van der Waals surface area contributed by atoms with E-state index in [4.69, 9.17) is 10.00 Å². The molecule has 0 amide bonds. The van der Waals surface area contributed by atoms with Crippen LogP contribution in [0.5, 0.6) is 0 Å². The lowest BCUT2D eigenvalue weighted by atomic mass is 10.1. The average Bonchev–Trinajstić information content (AvgIpc) is 2.26. The Labute approximate surface area is 82.9 Å². The maximum absolute atomic E-state index is 11.0. The molecule has 0 radical (unpaired) electrons. The van der Waals surface area contributed by atoms with Gasteiger partial charge < -0.3 is 4.74 Å². The summed E-state index contributed by atoms with van der Waals surface area (Å²) >= 11 is 0. The van der Waals surface area contributed by atoms with Gasteiger partial charge in [0.2, 0.25) is 6.10 Å². The first-order chi connectivity index (χ1) is 6.77. The molecule has 3 heteroatoms. The van der Waals surface area contributed by atoms with Gasteiger partial charge in [-0.25, -0.2) is 0 Å². The summed E-state index contributed by atoms with van der Waals surface area (Å²) in [5, 5.41) is 8.80. The predicted octanol–water partition coefficient (Wildman–Crippen LogP) is 2.20. The zero-order chi connectivity index (χ0) is 10.4. The van der Waals surface area contributed by atoms with Crippen molar-refractivity contribution in [3.05, 3.63) is 35.9 Å². The van der Waals surface area contributed by atoms with Gasteiger partial charge in [-0.3, -0.25) is 4.79 Å². The van der Waals surface area contributed by atoms with E-state index in [-0.39, 0.29) is 12.4 Å². The van der Waals surface area contributed by atoms with E-state index < -0.39 is 6.10 Å². The van der Waals surface area contributed by atoms with E-state index in [1.165, 1.54) is 0 Å². The van der Waals surface area contributed by atoms with Crippen LogP contribution < -0.4 is 0 Å². The molecule has 0 aromatic heterocycles. The third kappa shape index (κ3) is 2.60. The number of hydrogen-bond donors (Lipinski definition) is 0. The summed E-state index contributed by atoms with van der Waals surface area (Å²) in [5.74, 6) is -0.361. The lowest BCUT2D eigenvalue weighted by Crippen LogP contribution is -2.08. The monoisotopic (exact) mass is 189 g/mol. The highest BCUT2D eigenvalue weighted by Crippen LogP contribution is 2.16. The van der Waals surface area contributed by atoms with Gasteiger partial charge in [-0.05, 0) is 0 Å². The zero-order valence-corrected chi connectivity index (χ0v) is 7.93. The van der Waals surface area contributed by atoms with Crippen LogP contribution in [-0.4, -0.2) is 5.97 Å². The Morgan fingerprint density at radius 3 is 2.64 bits per heavy atom. The smallest absolute Gasteiger partial charge is 0.307 e. The van der Waals surface area contributed by atoms with Gasteiger partial charge in [0.1, 0.15) is 6.07 Å². The van der Waals surface area contributed by atoms with Gasteiger partial charge in [0.05, 0.1) is 0 Å². The van der Waals surface area contributed by atoms with Gasteiger partial charge in [-0.2, -0.15) is 5.26 Å². The number of nitrogens with zero attached hydrogens (tertiary/aromatic N) is 1. The highest BCUT2D eigenvalue weighted by molar-refractivity contribution is 5.69. The van der Waals surface area contributed by atoms with Crippen LogP contribution in [0.2, 0.25) is 0 Å². The molecule has 1 rings (SSSR count). The largest absolute Gasteiger partial charge is 0.442 e. The Bertz CT molecular complexity index is 340. The van der Waals surface area contributed by atoms with Crippen LogP contribution in [0, 0.1) is 11.3 Å². The van der Waals surface area contributed by atoms with E-state index in [1.807, 2.05) is 12.1 Å². The number of ether oxygens (including phenoxy) is 1. The number of nitriles is 1. The molecular weight excluding hydrogens is 178 g/mol. The van der Waals surface area contributed by atoms with Gasteiger partial charge in [0.25, 0.3) is 0 Å². The van der Waals surface area contributed by atoms with Crippen molar-refractivity contribution in [1.82, 2.24) is 0 Å². The van der Waals surface area contributed by atoms with Crippen molar-refractivity contribution in [2.75, 3.05) is 0 Å². The molecule has 72 valence electrons. The van der Waals surface area contributed by atoms with Crippen molar-refractivity contribution in [2.45, 2.75) is 19.4 Å². The van der Waals surface area contributed by atoms with Crippen molar-refractivity contribution < 1.29 is 9.53 Å². The molecule has 1 aromatic carbocycles. The summed E-state index contributed by atoms with van der Waals surface area (Å²) in [6, 6.07) is 10.9. The first-order valence-corrected chi connectivity index (χ1v) is 4.42. The fourth-order valence-corrected chi connectivity index (χ4v) is 1.01. The molecule has 0 aliphatic carbocycles. The van der Waals surface area contributed by atoms with Crippen molar-refractivity contribution in [3.63, 3.8) is 0 Å². The number of benzene rings is 1. The van der Waals surface area contributed by atoms with E-state index in [1.54, 1.807) is 31.2 Å². The molecule has 0 aliphatic rings. The van der Waals surface area contributed by atoms with Crippen LogP contribution >= 0.6 is 0 Å². The number of esters is 1. The molecule has 0 fully saturated rings. The van der Waals surface area contributed by atoms with Crippen LogP contribution in [0.25, 0.3) is 0 Å². The summed E-state index contributed by atoms with van der Waals surface area (Å²) in [6.45, 7) is 1.70. The number of carbonyl (C=O) groups excluding carboxylic acids is 1. The third-order valence-corrected chi connectivity index (χ3v) is 1.76. The molecule has 1 aromatic rings. The Balaban J connectivity index is 2.74. The molecule has 1 atom stereocenters. The molecule has 0 bridgehead atoms. The van der Waals surface area contributed by atoms with Gasteiger partial charge in [-0.1, -0.05) is 37.3 Å². The molecule has 0 aliphatic heterocycles. The lowest BCUT2D eigenvalue weighted by Gasteiger charge is -2.09. The fourth-order valence-electron chi connectivity index (χ4n) is 1.01. The second-order valence-corrected chi connectivity index (χ2v) is 2.76. The van der Waals surface area contributed by atoms with Gasteiger partial charge in [0.15, 0.2) is 0 Å². The molecule has 0 saturated heterocycles. The molecule has 0 spiro atoms. The zero-order valence-electron chi connectivity index (χ0n) is 7.93. The Kier molecular flexibility index (Phi) is 3.69. The van der Waals surface area contributed by atoms with Crippen molar-refractivity contribution in [1.29, 1.82) is 5.26 Å². The van der Waals surface area contributed by atoms with Gasteiger partial charge >= 0.3 is 5.97 Å². The van der Waals surface area contributed by atoms with E-state index in [9.17, 15) is 4.79 Å². The standard InChI is InChI=1S/C11H11NO2/c1-2-11(13)14-10(8-12)9-6-4-3-5-7-9/h3-7,10H,2H2,1H3/t10-/m0/s1. The first kappa shape index (κ1) is 10.3. The second-order valence-electron chi connectivity index (χ2n) is 2.76. The van der Waals surface area contributed by atoms with E-state index in [2.05, 4.69) is 0 Å². The average molecular weight is 189 g/mol. The van der Waals surface area contributed by atoms with Crippen LogP contribution in [-0.2, 0) is 9.53 Å². The van der Waals surface area contributed by atoms with Crippen LogP contribution in [0.3, 0.4) is 0 Å². The van der Waals surface area contributed by atoms with Crippen molar-refractivity contribution >= 4 is 5.97 Å². The molecule has 0 unspecified atom stereocenters. The molecule has 0 N–H and O–H groups in total. The van der Waals surface area contributed by atoms with E-state index >= 15 is 0 Å². The minimum absolute atomic E-state index is 0.283.